The predicted octanol–water partition coefficient (Wildman–Crippen LogP) is -1.16. The molecule has 0 aliphatic heterocycles. The Morgan fingerprint density at radius 2 is 1.43 bits per heavy atom. The first-order valence-corrected chi connectivity index (χ1v) is 9.94. The average Bonchev–Trinajstić information content (AvgIpc) is 2.62. The predicted molar refractivity (Wildman–Crippen MR) is 110 cm³/mol. The van der Waals surface area contributed by atoms with Gasteiger partial charge in [0.25, 0.3) is 0 Å². The van der Waals surface area contributed by atoms with Crippen molar-refractivity contribution in [3.63, 3.8) is 0 Å². The second-order valence-corrected chi connectivity index (χ2v) is 8.10. The molecule has 0 bridgehead atoms. The van der Waals surface area contributed by atoms with Crippen molar-refractivity contribution in [1.82, 2.24) is 16.0 Å². The zero-order valence-electron chi connectivity index (χ0n) is 18.2. The van der Waals surface area contributed by atoms with Crippen LogP contribution < -0.4 is 27.4 Å². The second-order valence-electron chi connectivity index (χ2n) is 8.10. The van der Waals surface area contributed by atoms with E-state index in [1.807, 2.05) is 13.8 Å². The summed E-state index contributed by atoms with van der Waals surface area (Å²) in [6, 6.07) is -4.08. The number of hydrogen-bond acceptors (Lipinski definition) is 6. The smallest absolute Gasteiger partial charge is 0.325 e. The summed E-state index contributed by atoms with van der Waals surface area (Å²) in [6.07, 6.45) is 0.270. The van der Waals surface area contributed by atoms with Crippen molar-refractivity contribution in [1.29, 1.82) is 0 Å². The molecule has 0 heterocycles. The largest absolute Gasteiger partial charge is 0.480 e. The topological polar surface area (TPSA) is 194 Å². The molecule has 30 heavy (non-hydrogen) atoms. The molecule has 0 rings (SSSR count). The number of aliphatic carboxylic acids is 1. The molecule has 0 radical (unpaired) electrons. The van der Waals surface area contributed by atoms with Gasteiger partial charge in [-0.2, -0.15) is 0 Å². The molecule has 0 spiro atoms. The molecule has 0 saturated carbocycles. The first kappa shape index (κ1) is 27.3. The third kappa shape index (κ3) is 10.2. The number of carboxylic acids is 1. The van der Waals surface area contributed by atoms with Crippen LogP contribution in [0.3, 0.4) is 0 Å². The van der Waals surface area contributed by atoms with Gasteiger partial charge in [-0.25, -0.2) is 0 Å². The van der Waals surface area contributed by atoms with E-state index in [4.69, 9.17) is 16.6 Å². The van der Waals surface area contributed by atoms with E-state index in [1.54, 1.807) is 13.8 Å². The normalized spacial score (nSPS) is 15.1. The number of nitrogens with one attached hydrogen (secondary N) is 3. The fraction of sp³-hybridized carbons (Fsp3) is 0.737. The third-order valence-electron chi connectivity index (χ3n) is 4.35. The van der Waals surface area contributed by atoms with Crippen molar-refractivity contribution >= 4 is 29.6 Å². The van der Waals surface area contributed by atoms with Crippen molar-refractivity contribution in [3.05, 3.63) is 0 Å². The summed E-state index contributed by atoms with van der Waals surface area (Å²) in [6.45, 7) is 8.44. The first-order chi connectivity index (χ1) is 13.8. The molecule has 11 heteroatoms. The number of carbonyl (C=O) groups excluding carboxylic acids is 4. The molecule has 0 aliphatic rings. The average molecular weight is 430 g/mol. The SMILES string of the molecule is CC(C)CC(NC(=O)C(N)CCC(N)=O)C(=O)NC(C(=O)NC(C)C(=O)O)C(C)C. The van der Waals surface area contributed by atoms with Crippen LogP contribution in [0.4, 0.5) is 0 Å². The monoisotopic (exact) mass is 429 g/mol. The lowest BCUT2D eigenvalue weighted by atomic mass is 9.99. The molecule has 0 aromatic rings. The molecular weight excluding hydrogens is 394 g/mol. The summed E-state index contributed by atoms with van der Waals surface area (Å²) in [4.78, 5) is 59.4. The minimum atomic E-state index is -1.20. The maximum Gasteiger partial charge on any atom is 0.325 e. The Hall–Kier alpha value is -2.69. The number of nitrogens with two attached hydrogens (primary N) is 2. The molecule has 0 aromatic carbocycles. The molecular formula is C19H35N5O6. The number of carbonyl (C=O) groups is 5. The van der Waals surface area contributed by atoms with Gasteiger partial charge < -0.3 is 32.5 Å². The highest BCUT2D eigenvalue weighted by Gasteiger charge is 2.31. The van der Waals surface area contributed by atoms with Crippen molar-refractivity contribution in [3.8, 4) is 0 Å². The summed E-state index contributed by atoms with van der Waals surface area (Å²) in [7, 11) is 0. The van der Waals surface area contributed by atoms with Gasteiger partial charge in [-0.1, -0.05) is 27.7 Å². The minimum absolute atomic E-state index is 0.0428. The van der Waals surface area contributed by atoms with Gasteiger partial charge in [0.1, 0.15) is 18.1 Å². The van der Waals surface area contributed by atoms with Gasteiger partial charge in [0.2, 0.25) is 23.6 Å². The van der Waals surface area contributed by atoms with Crippen molar-refractivity contribution in [2.24, 2.45) is 23.3 Å². The second kappa shape index (κ2) is 12.8. The Labute approximate surface area is 176 Å². The molecule has 11 nitrogen and oxygen atoms in total. The summed E-state index contributed by atoms with van der Waals surface area (Å²) in [5, 5.41) is 16.4. The van der Waals surface area contributed by atoms with Crippen LogP contribution in [0.2, 0.25) is 0 Å². The molecule has 0 fully saturated rings. The van der Waals surface area contributed by atoms with Crippen LogP contribution in [-0.4, -0.2) is 58.9 Å². The number of rotatable bonds is 13. The fourth-order valence-electron chi connectivity index (χ4n) is 2.56. The molecule has 4 amide bonds. The summed E-state index contributed by atoms with van der Waals surface area (Å²) < 4.78 is 0. The molecule has 0 aromatic heterocycles. The van der Waals surface area contributed by atoms with Crippen LogP contribution in [0.1, 0.15) is 53.9 Å². The van der Waals surface area contributed by atoms with E-state index < -0.39 is 53.8 Å². The first-order valence-electron chi connectivity index (χ1n) is 9.94. The van der Waals surface area contributed by atoms with Crippen LogP contribution in [0, 0.1) is 11.8 Å². The van der Waals surface area contributed by atoms with Gasteiger partial charge in [-0.05, 0) is 31.6 Å². The van der Waals surface area contributed by atoms with Crippen molar-refractivity contribution in [2.75, 3.05) is 0 Å². The summed E-state index contributed by atoms with van der Waals surface area (Å²) in [5.41, 5.74) is 10.8. The van der Waals surface area contributed by atoms with E-state index in [2.05, 4.69) is 16.0 Å². The number of primary amides is 1. The van der Waals surface area contributed by atoms with Gasteiger partial charge in [0.15, 0.2) is 0 Å². The highest BCUT2D eigenvalue weighted by molar-refractivity contribution is 5.94. The molecule has 8 N–H and O–H groups in total. The van der Waals surface area contributed by atoms with Crippen LogP contribution in [0.5, 0.6) is 0 Å². The van der Waals surface area contributed by atoms with E-state index in [0.29, 0.717) is 0 Å². The molecule has 0 saturated heterocycles. The standard InChI is InChI=1S/C19H35N5O6/c1-9(2)8-13(23-16(26)12(20)6-7-14(21)25)17(27)24-15(10(3)4)18(28)22-11(5)19(29)30/h9-13,15H,6-8,20H2,1-5H3,(H2,21,25)(H,22,28)(H,23,26)(H,24,27)(H,29,30). The third-order valence-corrected chi connectivity index (χ3v) is 4.35. The molecule has 4 unspecified atom stereocenters. The zero-order valence-corrected chi connectivity index (χ0v) is 18.2. The maximum absolute atomic E-state index is 12.8. The lowest BCUT2D eigenvalue weighted by Crippen LogP contribution is -2.58. The van der Waals surface area contributed by atoms with Gasteiger partial charge in [0, 0.05) is 6.42 Å². The lowest BCUT2D eigenvalue weighted by molar-refractivity contribution is -0.142. The maximum atomic E-state index is 12.8. The van der Waals surface area contributed by atoms with E-state index in [1.165, 1.54) is 6.92 Å². The van der Waals surface area contributed by atoms with E-state index >= 15 is 0 Å². The van der Waals surface area contributed by atoms with Gasteiger partial charge in [-0.3, -0.25) is 24.0 Å². The van der Waals surface area contributed by atoms with Gasteiger partial charge in [-0.15, -0.1) is 0 Å². The van der Waals surface area contributed by atoms with Crippen LogP contribution >= 0.6 is 0 Å². The Bertz CT molecular complexity index is 637. The van der Waals surface area contributed by atoms with Crippen molar-refractivity contribution < 1.29 is 29.1 Å². The van der Waals surface area contributed by atoms with Gasteiger partial charge in [0.05, 0.1) is 6.04 Å². The minimum Gasteiger partial charge on any atom is -0.480 e. The number of amides is 4. The van der Waals surface area contributed by atoms with E-state index in [-0.39, 0.29) is 31.1 Å². The van der Waals surface area contributed by atoms with E-state index in [0.717, 1.165) is 0 Å². The highest BCUT2D eigenvalue weighted by Crippen LogP contribution is 2.09. The number of carboxylic acid groups (broad SMARTS) is 1. The van der Waals surface area contributed by atoms with Crippen LogP contribution in [0.25, 0.3) is 0 Å². The van der Waals surface area contributed by atoms with E-state index in [9.17, 15) is 24.0 Å². The van der Waals surface area contributed by atoms with Crippen LogP contribution in [0.15, 0.2) is 0 Å². The number of hydrogen-bond donors (Lipinski definition) is 6. The summed E-state index contributed by atoms with van der Waals surface area (Å²) >= 11 is 0. The lowest BCUT2D eigenvalue weighted by Gasteiger charge is -2.27. The van der Waals surface area contributed by atoms with Gasteiger partial charge >= 0.3 is 5.97 Å². The fourth-order valence-corrected chi connectivity index (χ4v) is 2.56. The Morgan fingerprint density at radius 3 is 1.87 bits per heavy atom. The van der Waals surface area contributed by atoms with Crippen molar-refractivity contribution in [2.45, 2.75) is 78.0 Å². The molecule has 4 atom stereocenters. The summed E-state index contributed by atoms with van der Waals surface area (Å²) in [5.74, 6) is -3.91. The van der Waals surface area contributed by atoms with Crippen LogP contribution in [-0.2, 0) is 24.0 Å². The highest BCUT2D eigenvalue weighted by atomic mass is 16.4. The Kier molecular flexibility index (Phi) is 11.6. The quantitative estimate of drug-likeness (QED) is 0.212. The zero-order chi connectivity index (χ0) is 23.6. The molecule has 0 aliphatic carbocycles. The Morgan fingerprint density at radius 1 is 0.867 bits per heavy atom. The Balaban J connectivity index is 5.25. The molecule has 172 valence electrons.